The third-order valence-electron chi connectivity index (χ3n) is 5.50. The van der Waals surface area contributed by atoms with Crippen molar-refractivity contribution < 1.29 is 27.5 Å². The van der Waals surface area contributed by atoms with Gasteiger partial charge in [0.2, 0.25) is 11.8 Å². The highest BCUT2D eigenvalue weighted by Crippen LogP contribution is 2.36. The predicted molar refractivity (Wildman–Crippen MR) is 114 cm³/mol. The molecule has 2 aliphatic rings. The number of nitrogens with zero attached hydrogens (tertiary/aromatic N) is 1. The molecule has 0 saturated carbocycles. The minimum atomic E-state index is -3.27. The molecule has 0 radical (unpaired) electrons. The summed E-state index contributed by atoms with van der Waals surface area (Å²) in [5.41, 5.74) is 1.46. The van der Waals surface area contributed by atoms with Crippen molar-refractivity contribution in [3.05, 3.63) is 48.0 Å². The van der Waals surface area contributed by atoms with E-state index in [4.69, 9.17) is 9.47 Å². The van der Waals surface area contributed by atoms with Crippen LogP contribution in [0, 0.1) is 5.92 Å². The Bertz CT molecular complexity index is 1110. The van der Waals surface area contributed by atoms with Gasteiger partial charge in [-0.15, -0.1) is 0 Å². The maximum atomic E-state index is 12.8. The van der Waals surface area contributed by atoms with Gasteiger partial charge in [-0.2, -0.15) is 0 Å². The molecule has 2 amide bonds. The highest BCUT2D eigenvalue weighted by molar-refractivity contribution is 7.90. The van der Waals surface area contributed by atoms with E-state index in [9.17, 15) is 18.0 Å². The Hall–Kier alpha value is -3.07. The second kappa shape index (κ2) is 8.22. The van der Waals surface area contributed by atoms with Crippen LogP contribution in [0.25, 0.3) is 0 Å². The molecule has 31 heavy (non-hydrogen) atoms. The number of fused-ring (bicyclic) bond motifs is 1. The van der Waals surface area contributed by atoms with E-state index in [-0.39, 0.29) is 35.7 Å². The number of nitrogens with one attached hydrogen (secondary N) is 1. The smallest absolute Gasteiger partial charge is 0.227 e. The van der Waals surface area contributed by atoms with Crippen molar-refractivity contribution in [3.63, 3.8) is 0 Å². The van der Waals surface area contributed by atoms with E-state index in [0.717, 1.165) is 11.8 Å². The summed E-state index contributed by atoms with van der Waals surface area (Å²) in [6, 6.07) is 11.4. The van der Waals surface area contributed by atoms with Crippen molar-refractivity contribution in [1.82, 2.24) is 5.32 Å². The summed E-state index contributed by atoms with van der Waals surface area (Å²) in [7, 11) is -3.27. The Balaban J connectivity index is 1.41. The Labute approximate surface area is 181 Å². The zero-order chi connectivity index (χ0) is 22.2. The van der Waals surface area contributed by atoms with Crippen molar-refractivity contribution in [2.45, 2.75) is 24.3 Å². The molecule has 2 heterocycles. The largest absolute Gasteiger partial charge is 0.486 e. The Morgan fingerprint density at radius 3 is 2.45 bits per heavy atom. The van der Waals surface area contributed by atoms with E-state index >= 15 is 0 Å². The minimum absolute atomic E-state index is 0.123. The number of ether oxygens (including phenoxy) is 2. The highest BCUT2D eigenvalue weighted by Gasteiger charge is 2.36. The summed E-state index contributed by atoms with van der Waals surface area (Å²) in [5, 5.41) is 2.93. The second-order valence-corrected chi connectivity index (χ2v) is 9.82. The number of carbonyl (C=O) groups is 2. The molecule has 0 aliphatic carbocycles. The fourth-order valence-corrected chi connectivity index (χ4v) is 4.38. The molecule has 1 saturated heterocycles. The summed E-state index contributed by atoms with van der Waals surface area (Å²) in [4.78, 5) is 27.2. The lowest BCUT2D eigenvalue weighted by Crippen LogP contribution is -2.34. The van der Waals surface area contributed by atoms with E-state index in [1.54, 1.807) is 35.2 Å². The number of hydrogen-bond donors (Lipinski definition) is 1. The van der Waals surface area contributed by atoms with Gasteiger partial charge in [0.25, 0.3) is 0 Å². The van der Waals surface area contributed by atoms with Crippen LogP contribution in [0.5, 0.6) is 11.5 Å². The van der Waals surface area contributed by atoms with Gasteiger partial charge < -0.3 is 19.7 Å². The van der Waals surface area contributed by atoms with Crippen LogP contribution in [0.3, 0.4) is 0 Å². The molecule has 2 aromatic carbocycles. The molecule has 1 N–H and O–H groups in total. The molecule has 164 valence electrons. The van der Waals surface area contributed by atoms with E-state index in [1.807, 2.05) is 6.92 Å². The van der Waals surface area contributed by atoms with Gasteiger partial charge in [0.15, 0.2) is 21.3 Å². The molecule has 8 nitrogen and oxygen atoms in total. The number of amides is 2. The number of hydrogen-bond acceptors (Lipinski definition) is 6. The van der Waals surface area contributed by atoms with Gasteiger partial charge >= 0.3 is 0 Å². The summed E-state index contributed by atoms with van der Waals surface area (Å²) < 4.78 is 34.3. The summed E-state index contributed by atoms with van der Waals surface area (Å²) in [6.45, 7) is 3.05. The fraction of sp³-hybridized carbons (Fsp3) is 0.364. The Morgan fingerprint density at radius 2 is 1.77 bits per heavy atom. The van der Waals surface area contributed by atoms with Gasteiger partial charge in [0, 0.05) is 31.0 Å². The van der Waals surface area contributed by atoms with Crippen LogP contribution in [0.2, 0.25) is 0 Å². The topological polar surface area (TPSA) is 102 Å². The van der Waals surface area contributed by atoms with Crippen LogP contribution in [0.1, 0.15) is 24.9 Å². The van der Waals surface area contributed by atoms with Crippen LogP contribution >= 0.6 is 0 Å². The molecule has 0 aromatic heterocycles. The first kappa shape index (κ1) is 21.2. The summed E-state index contributed by atoms with van der Waals surface area (Å²) in [6.07, 6.45) is 1.28. The van der Waals surface area contributed by atoms with Crippen molar-refractivity contribution in [2.75, 3.05) is 30.9 Å². The van der Waals surface area contributed by atoms with Crippen molar-refractivity contribution >= 4 is 27.3 Å². The van der Waals surface area contributed by atoms with E-state index in [1.165, 1.54) is 12.1 Å². The summed E-state index contributed by atoms with van der Waals surface area (Å²) >= 11 is 0. The van der Waals surface area contributed by atoms with Crippen LogP contribution < -0.4 is 19.7 Å². The molecular formula is C22H24N2O6S. The van der Waals surface area contributed by atoms with Gasteiger partial charge in [-0.25, -0.2) is 8.42 Å². The van der Waals surface area contributed by atoms with E-state index < -0.39 is 15.8 Å². The average Bonchev–Trinajstić information content (AvgIpc) is 3.14. The van der Waals surface area contributed by atoms with Crippen LogP contribution in [0.15, 0.2) is 47.4 Å². The SMILES string of the molecule is C[C@H](NC(=O)[C@@H]1CC(=O)N(c2ccc3c(c2)OCCO3)C1)c1ccc(S(C)(=O)=O)cc1. The highest BCUT2D eigenvalue weighted by atomic mass is 32.2. The molecular weight excluding hydrogens is 420 g/mol. The van der Waals surface area contributed by atoms with Crippen molar-refractivity contribution in [2.24, 2.45) is 5.92 Å². The number of carbonyl (C=O) groups excluding carboxylic acids is 2. The molecule has 2 atom stereocenters. The number of rotatable bonds is 5. The molecule has 0 spiro atoms. The lowest BCUT2D eigenvalue weighted by Gasteiger charge is -2.22. The molecule has 0 bridgehead atoms. The molecule has 0 unspecified atom stereocenters. The first-order chi connectivity index (χ1) is 14.7. The summed E-state index contributed by atoms with van der Waals surface area (Å²) in [5.74, 6) is 0.427. The standard InChI is InChI=1S/C22H24N2O6S/c1-14(15-3-6-18(7-4-15)31(2,27)28)23-22(26)16-11-21(25)24(13-16)17-5-8-19-20(12-17)30-10-9-29-19/h3-8,12,14,16H,9-11,13H2,1-2H3,(H,23,26)/t14-,16+/m0/s1. The van der Waals surface area contributed by atoms with Crippen LogP contribution in [-0.2, 0) is 19.4 Å². The number of benzene rings is 2. The first-order valence-corrected chi connectivity index (χ1v) is 11.9. The van der Waals surface area contributed by atoms with Gasteiger partial charge in [0.05, 0.1) is 16.9 Å². The molecule has 2 aromatic rings. The fourth-order valence-electron chi connectivity index (χ4n) is 3.75. The second-order valence-electron chi connectivity index (χ2n) is 7.80. The monoisotopic (exact) mass is 444 g/mol. The molecule has 9 heteroatoms. The predicted octanol–water partition coefficient (Wildman–Crippen LogP) is 2.09. The van der Waals surface area contributed by atoms with Crippen LogP contribution in [-0.4, -0.2) is 46.2 Å². The van der Waals surface area contributed by atoms with Crippen LogP contribution in [0.4, 0.5) is 5.69 Å². The van der Waals surface area contributed by atoms with Gasteiger partial charge in [-0.05, 0) is 36.8 Å². The van der Waals surface area contributed by atoms with Crippen molar-refractivity contribution in [1.29, 1.82) is 0 Å². The quantitative estimate of drug-likeness (QED) is 0.758. The van der Waals surface area contributed by atoms with E-state index in [0.29, 0.717) is 30.4 Å². The Morgan fingerprint density at radius 1 is 1.10 bits per heavy atom. The van der Waals surface area contributed by atoms with Crippen molar-refractivity contribution in [3.8, 4) is 11.5 Å². The van der Waals surface area contributed by atoms with Gasteiger partial charge in [-0.1, -0.05) is 12.1 Å². The van der Waals surface area contributed by atoms with Gasteiger partial charge in [0.1, 0.15) is 13.2 Å². The number of anilines is 1. The molecule has 4 rings (SSSR count). The lowest BCUT2D eigenvalue weighted by atomic mass is 10.1. The molecule has 2 aliphatic heterocycles. The zero-order valence-corrected chi connectivity index (χ0v) is 18.1. The maximum absolute atomic E-state index is 12.8. The zero-order valence-electron chi connectivity index (χ0n) is 17.3. The normalized spacial score (nSPS) is 19.2. The third kappa shape index (κ3) is 4.51. The first-order valence-electron chi connectivity index (χ1n) is 10.0. The molecule has 1 fully saturated rings. The maximum Gasteiger partial charge on any atom is 0.227 e. The van der Waals surface area contributed by atoms with E-state index in [2.05, 4.69) is 5.32 Å². The average molecular weight is 445 g/mol. The number of sulfone groups is 1. The Kier molecular flexibility index (Phi) is 5.62. The lowest BCUT2D eigenvalue weighted by molar-refractivity contribution is -0.126. The minimum Gasteiger partial charge on any atom is -0.486 e. The third-order valence-corrected chi connectivity index (χ3v) is 6.63. The van der Waals surface area contributed by atoms with Gasteiger partial charge in [-0.3, -0.25) is 9.59 Å².